The molecule has 2 aromatic rings. The summed E-state index contributed by atoms with van der Waals surface area (Å²) in [5.41, 5.74) is 0. The fourth-order valence-electron chi connectivity index (χ4n) is 3.26. The Kier molecular flexibility index (Phi) is 6.07. The van der Waals surface area contributed by atoms with Crippen LogP contribution in [-0.2, 0) is 13.6 Å². The number of aliphatic hydroxyl groups is 1. The second-order valence-corrected chi connectivity index (χ2v) is 6.81. The Morgan fingerprint density at radius 2 is 2.08 bits per heavy atom. The number of ether oxygens (including phenoxy) is 1. The molecule has 1 fully saturated rings. The predicted molar refractivity (Wildman–Crippen MR) is 97.5 cm³/mol. The van der Waals surface area contributed by atoms with Gasteiger partial charge in [-0.3, -0.25) is 9.80 Å². The van der Waals surface area contributed by atoms with E-state index in [0.717, 1.165) is 37.8 Å². The molecule has 3 rings (SSSR count). The van der Waals surface area contributed by atoms with Gasteiger partial charge in [0.25, 0.3) is 0 Å². The molecule has 1 aromatic heterocycles. The van der Waals surface area contributed by atoms with E-state index in [4.69, 9.17) is 4.74 Å². The Morgan fingerprint density at radius 1 is 1.28 bits per heavy atom. The maximum Gasteiger partial charge on any atom is 0.122 e. The molecule has 1 aliphatic rings. The number of aromatic nitrogens is 2. The van der Waals surface area contributed by atoms with Crippen molar-refractivity contribution in [3.8, 4) is 5.75 Å². The number of hydrogen-bond donors (Lipinski definition) is 1. The van der Waals surface area contributed by atoms with Crippen LogP contribution in [-0.4, -0.2) is 69.4 Å². The first-order valence-corrected chi connectivity index (χ1v) is 8.90. The highest BCUT2D eigenvalue weighted by molar-refractivity contribution is 5.20. The zero-order chi connectivity index (χ0) is 17.6. The number of nitrogens with zero attached hydrogens (tertiary/aromatic N) is 4. The molecule has 6 heteroatoms. The number of rotatable bonds is 7. The number of β-amino-alcohol motifs (C(OH)–C–C–N with tert-alkyl or cyclic N) is 1. The van der Waals surface area contributed by atoms with Gasteiger partial charge in [-0.05, 0) is 19.1 Å². The highest BCUT2D eigenvalue weighted by Crippen LogP contribution is 2.14. The first-order valence-electron chi connectivity index (χ1n) is 8.90. The molecule has 1 aliphatic heterocycles. The normalized spacial score (nSPS) is 20.5. The summed E-state index contributed by atoms with van der Waals surface area (Å²) in [6.45, 7) is 6.98. The van der Waals surface area contributed by atoms with Crippen LogP contribution in [0.1, 0.15) is 12.7 Å². The lowest BCUT2D eigenvalue weighted by molar-refractivity contribution is 0.0246. The van der Waals surface area contributed by atoms with Crippen molar-refractivity contribution < 1.29 is 9.84 Å². The minimum Gasteiger partial charge on any atom is -0.491 e. The van der Waals surface area contributed by atoms with E-state index in [1.807, 2.05) is 49.8 Å². The van der Waals surface area contributed by atoms with Gasteiger partial charge in [0.05, 0.1) is 6.54 Å². The smallest absolute Gasteiger partial charge is 0.122 e. The van der Waals surface area contributed by atoms with Gasteiger partial charge >= 0.3 is 0 Å². The van der Waals surface area contributed by atoms with Crippen LogP contribution < -0.4 is 4.74 Å². The van der Waals surface area contributed by atoms with Gasteiger partial charge in [0.15, 0.2) is 0 Å². The lowest BCUT2D eigenvalue weighted by atomic mass is 10.1. The summed E-state index contributed by atoms with van der Waals surface area (Å²) in [4.78, 5) is 9.18. The molecule has 1 N–H and O–H groups in total. The predicted octanol–water partition coefficient (Wildman–Crippen LogP) is 1.37. The molecule has 25 heavy (non-hydrogen) atoms. The monoisotopic (exact) mass is 344 g/mol. The van der Waals surface area contributed by atoms with Gasteiger partial charge in [0.2, 0.25) is 0 Å². The Bertz CT molecular complexity index is 646. The zero-order valence-corrected chi connectivity index (χ0v) is 15.1. The average molecular weight is 344 g/mol. The molecular weight excluding hydrogens is 316 g/mol. The van der Waals surface area contributed by atoms with Gasteiger partial charge in [-0.15, -0.1) is 0 Å². The van der Waals surface area contributed by atoms with Crippen LogP contribution in [0.4, 0.5) is 0 Å². The average Bonchev–Trinajstić information content (AvgIpc) is 3.01. The van der Waals surface area contributed by atoms with Crippen molar-refractivity contribution in [3.05, 3.63) is 48.5 Å². The summed E-state index contributed by atoms with van der Waals surface area (Å²) < 4.78 is 7.72. The Morgan fingerprint density at radius 3 is 2.76 bits per heavy atom. The summed E-state index contributed by atoms with van der Waals surface area (Å²) >= 11 is 0. The van der Waals surface area contributed by atoms with Crippen molar-refractivity contribution in [1.82, 2.24) is 19.4 Å². The third-order valence-corrected chi connectivity index (χ3v) is 4.77. The first kappa shape index (κ1) is 17.9. The largest absolute Gasteiger partial charge is 0.491 e. The molecule has 136 valence electrons. The summed E-state index contributed by atoms with van der Waals surface area (Å²) in [7, 11) is 2.03. The molecule has 2 atom stereocenters. The summed E-state index contributed by atoms with van der Waals surface area (Å²) in [5, 5.41) is 10.3. The SMILES string of the molecule is C[C@@H]1CN(C[C@@H](O)COc2ccccc2)CCN1Cc1nccn1C. The molecule has 0 saturated carbocycles. The van der Waals surface area contributed by atoms with Crippen molar-refractivity contribution in [2.75, 3.05) is 32.8 Å². The van der Waals surface area contributed by atoms with Crippen molar-refractivity contribution in [2.45, 2.75) is 25.6 Å². The number of hydrogen-bond acceptors (Lipinski definition) is 5. The number of benzene rings is 1. The molecule has 0 bridgehead atoms. The second-order valence-electron chi connectivity index (χ2n) is 6.81. The second kappa shape index (κ2) is 8.47. The van der Waals surface area contributed by atoms with Gasteiger partial charge in [-0.2, -0.15) is 0 Å². The minimum atomic E-state index is -0.478. The van der Waals surface area contributed by atoms with E-state index in [1.54, 1.807) is 0 Å². The van der Waals surface area contributed by atoms with Gasteiger partial charge in [0, 0.05) is 51.7 Å². The Labute approximate surface area is 149 Å². The van der Waals surface area contributed by atoms with Crippen molar-refractivity contribution in [3.63, 3.8) is 0 Å². The first-order chi connectivity index (χ1) is 12.1. The van der Waals surface area contributed by atoms with E-state index in [9.17, 15) is 5.11 Å². The van der Waals surface area contributed by atoms with Crippen LogP contribution in [0.2, 0.25) is 0 Å². The summed E-state index contributed by atoms with van der Waals surface area (Å²) in [6.07, 6.45) is 3.35. The number of imidazole rings is 1. The molecule has 0 amide bonds. The lowest BCUT2D eigenvalue weighted by Crippen LogP contribution is -2.53. The van der Waals surface area contributed by atoms with Crippen molar-refractivity contribution in [2.24, 2.45) is 7.05 Å². The van der Waals surface area contributed by atoms with Gasteiger partial charge in [0.1, 0.15) is 24.3 Å². The highest BCUT2D eigenvalue weighted by Gasteiger charge is 2.25. The molecule has 1 aromatic carbocycles. The molecule has 0 aliphatic carbocycles. The summed E-state index contributed by atoms with van der Waals surface area (Å²) in [6, 6.07) is 10.1. The van der Waals surface area contributed by atoms with Crippen LogP contribution in [0.15, 0.2) is 42.7 Å². The van der Waals surface area contributed by atoms with Crippen molar-refractivity contribution >= 4 is 0 Å². The third-order valence-electron chi connectivity index (χ3n) is 4.77. The molecule has 2 heterocycles. The fourth-order valence-corrected chi connectivity index (χ4v) is 3.26. The van der Waals surface area contributed by atoms with Crippen LogP contribution in [0.3, 0.4) is 0 Å². The molecule has 6 nitrogen and oxygen atoms in total. The van der Waals surface area contributed by atoms with E-state index in [-0.39, 0.29) is 0 Å². The number of para-hydroxylation sites is 1. The third kappa shape index (κ3) is 5.04. The van der Waals surface area contributed by atoms with E-state index >= 15 is 0 Å². The molecule has 0 spiro atoms. The van der Waals surface area contributed by atoms with E-state index in [0.29, 0.717) is 19.2 Å². The summed E-state index contributed by atoms with van der Waals surface area (Å²) in [5.74, 6) is 1.89. The maximum absolute atomic E-state index is 10.3. The zero-order valence-electron chi connectivity index (χ0n) is 15.1. The van der Waals surface area contributed by atoms with E-state index in [1.165, 1.54) is 0 Å². The fraction of sp³-hybridized carbons (Fsp3) is 0.526. The molecule has 1 saturated heterocycles. The quantitative estimate of drug-likeness (QED) is 0.822. The van der Waals surface area contributed by atoms with E-state index < -0.39 is 6.10 Å². The van der Waals surface area contributed by atoms with E-state index in [2.05, 4.69) is 26.3 Å². The van der Waals surface area contributed by atoms with Crippen LogP contribution in [0, 0.1) is 0 Å². The van der Waals surface area contributed by atoms with Gasteiger partial charge in [-0.1, -0.05) is 18.2 Å². The van der Waals surface area contributed by atoms with Crippen LogP contribution in [0.5, 0.6) is 5.75 Å². The Balaban J connectivity index is 1.42. The molecular formula is C19H28N4O2. The lowest BCUT2D eigenvalue weighted by Gasteiger charge is -2.40. The van der Waals surface area contributed by atoms with Crippen LogP contribution in [0.25, 0.3) is 0 Å². The number of piperazine rings is 1. The minimum absolute atomic E-state index is 0.325. The number of aliphatic hydroxyl groups excluding tert-OH is 1. The number of aryl methyl sites for hydroxylation is 1. The van der Waals surface area contributed by atoms with Crippen LogP contribution >= 0.6 is 0 Å². The standard InChI is InChI=1S/C19H28N4O2/c1-16-12-22(10-11-23(16)14-19-20-8-9-21(19)2)13-17(24)15-25-18-6-4-3-5-7-18/h3-9,16-17,24H,10-15H2,1-2H3/t16-,17-/m1/s1. The highest BCUT2D eigenvalue weighted by atomic mass is 16.5. The topological polar surface area (TPSA) is 53.8 Å². The van der Waals surface area contributed by atoms with Gasteiger partial charge in [-0.25, -0.2) is 4.98 Å². The molecule has 0 unspecified atom stereocenters. The van der Waals surface area contributed by atoms with Crippen molar-refractivity contribution in [1.29, 1.82) is 0 Å². The Hall–Kier alpha value is -1.89. The van der Waals surface area contributed by atoms with Gasteiger partial charge < -0.3 is 14.4 Å². The molecule has 0 radical (unpaired) electrons. The maximum atomic E-state index is 10.3.